The van der Waals surface area contributed by atoms with E-state index < -0.39 is 0 Å². The van der Waals surface area contributed by atoms with Crippen LogP contribution < -0.4 is 5.32 Å². The first kappa shape index (κ1) is 11.7. The van der Waals surface area contributed by atoms with Gasteiger partial charge in [-0.2, -0.15) is 4.68 Å². The van der Waals surface area contributed by atoms with Gasteiger partial charge in [0.05, 0.1) is 12.2 Å². The fourth-order valence-corrected chi connectivity index (χ4v) is 1.56. The van der Waals surface area contributed by atoms with Crippen molar-refractivity contribution in [2.24, 2.45) is 5.92 Å². The van der Waals surface area contributed by atoms with Crippen LogP contribution >= 0.6 is 0 Å². The smallest absolute Gasteiger partial charge is 0.170 e. The van der Waals surface area contributed by atoms with E-state index in [1.165, 1.54) is 0 Å². The van der Waals surface area contributed by atoms with E-state index in [2.05, 4.69) is 34.7 Å². The third-order valence-corrected chi connectivity index (χ3v) is 2.37. The minimum absolute atomic E-state index is 0.621. The highest BCUT2D eigenvalue weighted by Gasteiger charge is 2.07. The van der Waals surface area contributed by atoms with Gasteiger partial charge in [0.2, 0.25) is 0 Å². The largest absolute Gasteiger partial charge is 0.310 e. The fourth-order valence-electron chi connectivity index (χ4n) is 1.56. The summed E-state index contributed by atoms with van der Waals surface area (Å²) in [5, 5.41) is 15.1. The molecule has 5 nitrogen and oxygen atoms in total. The van der Waals surface area contributed by atoms with Gasteiger partial charge in [-0.3, -0.25) is 0 Å². The summed E-state index contributed by atoms with van der Waals surface area (Å²) in [5.41, 5.74) is 0.985. The normalized spacial score (nSPS) is 11.0. The lowest BCUT2D eigenvalue weighted by Gasteiger charge is -2.07. The maximum Gasteiger partial charge on any atom is 0.170 e. The summed E-state index contributed by atoms with van der Waals surface area (Å²) in [6.07, 6.45) is 0. The summed E-state index contributed by atoms with van der Waals surface area (Å²) < 4.78 is 1.76. The lowest BCUT2D eigenvalue weighted by atomic mass is 10.2. The molecule has 0 saturated carbocycles. The Hall–Kier alpha value is -1.75. The second-order valence-electron chi connectivity index (χ2n) is 4.37. The molecule has 0 spiro atoms. The first-order valence-corrected chi connectivity index (χ1v) is 5.81. The maximum atomic E-state index is 4.03. The minimum Gasteiger partial charge on any atom is -0.310 e. The van der Waals surface area contributed by atoms with Crippen molar-refractivity contribution < 1.29 is 0 Å². The van der Waals surface area contributed by atoms with Crippen molar-refractivity contribution in [2.45, 2.75) is 20.4 Å². The monoisotopic (exact) mass is 231 g/mol. The van der Waals surface area contributed by atoms with E-state index in [4.69, 9.17) is 0 Å². The SMILES string of the molecule is CC(C)CNCc1nnnn1-c1ccccc1. The molecule has 0 bridgehead atoms. The number of nitrogens with zero attached hydrogens (tertiary/aromatic N) is 4. The van der Waals surface area contributed by atoms with Crippen LogP contribution in [0.1, 0.15) is 19.7 Å². The summed E-state index contributed by atoms with van der Waals surface area (Å²) in [5.74, 6) is 1.45. The number of rotatable bonds is 5. The Morgan fingerprint density at radius 2 is 2.00 bits per heavy atom. The maximum absolute atomic E-state index is 4.03. The number of hydrogen-bond donors (Lipinski definition) is 1. The first-order chi connectivity index (χ1) is 8.27. The van der Waals surface area contributed by atoms with Crippen LogP contribution in [0.2, 0.25) is 0 Å². The molecule has 0 radical (unpaired) electrons. The zero-order valence-electron chi connectivity index (χ0n) is 10.2. The van der Waals surface area contributed by atoms with Gasteiger partial charge >= 0.3 is 0 Å². The van der Waals surface area contributed by atoms with Crippen LogP contribution in [-0.2, 0) is 6.54 Å². The van der Waals surface area contributed by atoms with Gasteiger partial charge in [0.25, 0.3) is 0 Å². The molecule has 0 aliphatic carbocycles. The highest BCUT2D eigenvalue weighted by atomic mass is 15.5. The molecule has 0 aliphatic rings. The highest BCUT2D eigenvalue weighted by Crippen LogP contribution is 2.06. The van der Waals surface area contributed by atoms with E-state index in [0.29, 0.717) is 12.5 Å². The molecule has 1 aromatic carbocycles. The molecule has 1 heterocycles. The summed E-state index contributed by atoms with van der Waals surface area (Å²) in [6, 6.07) is 9.90. The van der Waals surface area contributed by atoms with E-state index in [9.17, 15) is 0 Å². The molecule has 0 amide bonds. The molecule has 2 aromatic rings. The molecule has 2 rings (SSSR count). The van der Waals surface area contributed by atoms with Crippen molar-refractivity contribution in [1.29, 1.82) is 0 Å². The fraction of sp³-hybridized carbons (Fsp3) is 0.417. The van der Waals surface area contributed by atoms with Gasteiger partial charge in [-0.1, -0.05) is 32.0 Å². The number of aromatic nitrogens is 4. The molecule has 0 unspecified atom stereocenters. The molecular formula is C12H17N5. The van der Waals surface area contributed by atoms with E-state index >= 15 is 0 Å². The van der Waals surface area contributed by atoms with Crippen LogP contribution in [-0.4, -0.2) is 26.8 Å². The lowest BCUT2D eigenvalue weighted by Crippen LogP contribution is -2.21. The van der Waals surface area contributed by atoms with Crippen LogP contribution in [0.5, 0.6) is 0 Å². The Morgan fingerprint density at radius 1 is 1.24 bits per heavy atom. The Morgan fingerprint density at radius 3 is 2.71 bits per heavy atom. The van der Waals surface area contributed by atoms with Crippen molar-refractivity contribution in [1.82, 2.24) is 25.5 Å². The number of hydrogen-bond acceptors (Lipinski definition) is 4. The number of para-hydroxylation sites is 1. The van der Waals surface area contributed by atoms with Crippen LogP contribution in [0.15, 0.2) is 30.3 Å². The van der Waals surface area contributed by atoms with E-state index in [0.717, 1.165) is 18.1 Å². The van der Waals surface area contributed by atoms with Crippen molar-refractivity contribution in [3.63, 3.8) is 0 Å². The third kappa shape index (κ3) is 3.10. The minimum atomic E-state index is 0.621. The number of nitrogens with one attached hydrogen (secondary N) is 1. The molecule has 0 atom stereocenters. The van der Waals surface area contributed by atoms with Gasteiger partial charge < -0.3 is 5.32 Å². The Labute approximate surface area is 101 Å². The molecule has 1 aromatic heterocycles. The average Bonchev–Trinajstić information content (AvgIpc) is 2.78. The van der Waals surface area contributed by atoms with Crippen LogP contribution in [0.3, 0.4) is 0 Å². The predicted octanol–water partition coefficient (Wildman–Crippen LogP) is 1.41. The number of tetrazole rings is 1. The zero-order valence-corrected chi connectivity index (χ0v) is 10.2. The predicted molar refractivity (Wildman–Crippen MR) is 65.7 cm³/mol. The quantitative estimate of drug-likeness (QED) is 0.845. The first-order valence-electron chi connectivity index (χ1n) is 5.81. The van der Waals surface area contributed by atoms with Gasteiger partial charge in [-0.25, -0.2) is 0 Å². The standard InChI is InChI=1S/C12H17N5/c1-10(2)8-13-9-12-14-15-16-17(12)11-6-4-3-5-7-11/h3-7,10,13H,8-9H2,1-2H3. The zero-order chi connectivity index (χ0) is 12.1. The second-order valence-corrected chi connectivity index (χ2v) is 4.37. The third-order valence-electron chi connectivity index (χ3n) is 2.37. The highest BCUT2D eigenvalue weighted by molar-refractivity contribution is 5.30. The van der Waals surface area contributed by atoms with E-state index in [1.807, 2.05) is 30.3 Å². The molecule has 1 N–H and O–H groups in total. The van der Waals surface area contributed by atoms with Gasteiger partial charge in [-0.15, -0.1) is 5.10 Å². The molecule has 0 saturated heterocycles. The van der Waals surface area contributed by atoms with Gasteiger partial charge in [0.1, 0.15) is 0 Å². The second kappa shape index (κ2) is 5.54. The Kier molecular flexibility index (Phi) is 3.82. The molecule has 0 fully saturated rings. The molecule has 5 heteroatoms. The molecule has 17 heavy (non-hydrogen) atoms. The number of benzene rings is 1. The van der Waals surface area contributed by atoms with Crippen LogP contribution in [0, 0.1) is 5.92 Å². The topological polar surface area (TPSA) is 55.6 Å². The van der Waals surface area contributed by atoms with Crippen LogP contribution in [0.4, 0.5) is 0 Å². The van der Waals surface area contributed by atoms with E-state index in [-0.39, 0.29) is 0 Å². The summed E-state index contributed by atoms with van der Waals surface area (Å²) in [4.78, 5) is 0. The summed E-state index contributed by atoms with van der Waals surface area (Å²) in [6.45, 7) is 5.99. The van der Waals surface area contributed by atoms with Crippen molar-refractivity contribution in [3.8, 4) is 5.69 Å². The molecule has 90 valence electrons. The van der Waals surface area contributed by atoms with Gasteiger partial charge in [0.15, 0.2) is 5.82 Å². The molecular weight excluding hydrogens is 214 g/mol. The lowest BCUT2D eigenvalue weighted by molar-refractivity contribution is 0.538. The Balaban J connectivity index is 2.07. The average molecular weight is 231 g/mol. The Bertz CT molecular complexity index is 449. The van der Waals surface area contributed by atoms with Crippen LogP contribution in [0.25, 0.3) is 5.69 Å². The summed E-state index contributed by atoms with van der Waals surface area (Å²) in [7, 11) is 0. The summed E-state index contributed by atoms with van der Waals surface area (Å²) >= 11 is 0. The van der Waals surface area contributed by atoms with Crippen molar-refractivity contribution in [3.05, 3.63) is 36.2 Å². The van der Waals surface area contributed by atoms with Crippen molar-refractivity contribution >= 4 is 0 Å². The van der Waals surface area contributed by atoms with Gasteiger partial charge in [0, 0.05) is 0 Å². The van der Waals surface area contributed by atoms with Crippen molar-refractivity contribution in [2.75, 3.05) is 6.54 Å². The van der Waals surface area contributed by atoms with E-state index in [1.54, 1.807) is 4.68 Å². The van der Waals surface area contributed by atoms with Gasteiger partial charge in [-0.05, 0) is 35.0 Å². The molecule has 0 aliphatic heterocycles.